The van der Waals surface area contributed by atoms with E-state index in [1.54, 1.807) is 45.4 Å². The van der Waals surface area contributed by atoms with E-state index in [9.17, 15) is 4.79 Å². The Hall–Kier alpha value is -3.85. The van der Waals surface area contributed by atoms with Gasteiger partial charge < -0.3 is 28.8 Å². The number of aromatic nitrogens is 2. The van der Waals surface area contributed by atoms with Gasteiger partial charge in [0.2, 0.25) is 5.88 Å². The molecule has 172 valence electrons. The predicted molar refractivity (Wildman–Crippen MR) is 125 cm³/mol. The fourth-order valence-electron chi connectivity index (χ4n) is 3.58. The summed E-state index contributed by atoms with van der Waals surface area (Å²) in [5.74, 6) is 2.39. The maximum atomic E-state index is 12.7. The van der Waals surface area contributed by atoms with Crippen LogP contribution < -0.4 is 19.5 Å². The highest BCUT2D eigenvalue weighted by molar-refractivity contribution is 6.07. The number of likely N-dealkylation sites (N-methyl/N-ethyl adjacent to an activating group) is 1. The number of nitrogens with zero attached hydrogens (tertiary/aromatic N) is 3. The Labute approximate surface area is 191 Å². The van der Waals surface area contributed by atoms with Crippen LogP contribution in [-0.2, 0) is 0 Å². The lowest BCUT2D eigenvalue weighted by Crippen LogP contribution is -2.31. The Morgan fingerprint density at radius 3 is 2.55 bits per heavy atom. The van der Waals surface area contributed by atoms with E-state index < -0.39 is 0 Å². The molecule has 33 heavy (non-hydrogen) atoms. The summed E-state index contributed by atoms with van der Waals surface area (Å²) in [6.45, 7) is 3.08. The molecule has 1 N–H and O–H groups in total. The maximum absolute atomic E-state index is 12.7. The van der Waals surface area contributed by atoms with Gasteiger partial charge in [0, 0.05) is 30.6 Å². The van der Waals surface area contributed by atoms with Crippen LogP contribution in [0.1, 0.15) is 16.1 Å². The molecule has 2 aromatic carbocycles. The van der Waals surface area contributed by atoms with Gasteiger partial charge in [-0.3, -0.25) is 4.79 Å². The average Bonchev–Trinajstić information content (AvgIpc) is 3.13. The van der Waals surface area contributed by atoms with Gasteiger partial charge in [0.1, 0.15) is 23.4 Å². The number of aryl methyl sites for hydroxylation is 1. The molecule has 0 fully saturated rings. The van der Waals surface area contributed by atoms with Crippen molar-refractivity contribution in [3.63, 3.8) is 0 Å². The molecule has 2 aromatic heterocycles. The van der Waals surface area contributed by atoms with E-state index in [2.05, 4.69) is 15.3 Å². The summed E-state index contributed by atoms with van der Waals surface area (Å²) < 4.78 is 22.7. The molecular formula is C24H26N4O5. The topological polar surface area (TPSA) is 99.0 Å². The van der Waals surface area contributed by atoms with Gasteiger partial charge >= 0.3 is 0 Å². The second kappa shape index (κ2) is 9.33. The molecule has 9 nitrogen and oxygen atoms in total. The number of furan rings is 1. The Bertz CT molecular complexity index is 1320. The molecule has 9 heteroatoms. The highest BCUT2D eigenvalue weighted by Gasteiger charge is 2.19. The van der Waals surface area contributed by atoms with Gasteiger partial charge in [-0.25, -0.2) is 9.97 Å². The van der Waals surface area contributed by atoms with Crippen LogP contribution in [0.3, 0.4) is 0 Å². The standard InChI is InChI=1S/C24H26N4O5/c1-14-22(23(29)25-8-9-28(2)3)16-7-6-15(10-19(16)32-14)33-24-17-11-20(30-4)21(31-5)12-18(17)26-13-27-24/h6-7,10-13H,8-9H2,1-5H3,(H,25,29). The van der Waals surface area contributed by atoms with Gasteiger partial charge in [-0.15, -0.1) is 0 Å². The number of amides is 1. The minimum Gasteiger partial charge on any atom is -0.493 e. The molecular weight excluding hydrogens is 424 g/mol. The monoisotopic (exact) mass is 450 g/mol. The van der Waals surface area contributed by atoms with Gasteiger partial charge in [-0.1, -0.05) is 0 Å². The number of hydrogen-bond donors (Lipinski definition) is 1. The molecule has 0 aliphatic carbocycles. The van der Waals surface area contributed by atoms with E-state index in [1.165, 1.54) is 6.33 Å². The summed E-state index contributed by atoms with van der Waals surface area (Å²) in [6.07, 6.45) is 1.43. The Morgan fingerprint density at radius 1 is 1.06 bits per heavy atom. The fraction of sp³-hybridized carbons (Fsp3) is 0.292. The van der Waals surface area contributed by atoms with Crippen LogP contribution in [0.4, 0.5) is 0 Å². The SMILES string of the molecule is COc1cc2ncnc(Oc3ccc4c(C(=O)NCCN(C)C)c(C)oc4c3)c2cc1OC. The summed E-state index contributed by atoms with van der Waals surface area (Å²) >= 11 is 0. The highest BCUT2D eigenvalue weighted by Crippen LogP contribution is 2.36. The molecule has 0 saturated carbocycles. The van der Waals surface area contributed by atoms with E-state index >= 15 is 0 Å². The van der Waals surface area contributed by atoms with Crippen molar-refractivity contribution in [3.8, 4) is 23.1 Å². The van der Waals surface area contributed by atoms with Crippen LogP contribution in [0, 0.1) is 6.92 Å². The van der Waals surface area contributed by atoms with Crippen LogP contribution in [0.5, 0.6) is 23.1 Å². The van der Waals surface area contributed by atoms with Gasteiger partial charge in [-0.2, -0.15) is 0 Å². The Balaban J connectivity index is 1.64. The smallest absolute Gasteiger partial charge is 0.255 e. The highest BCUT2D eigenvalue weighted by atomic mass is 16.5. The van der Waals surface area contributed by atoms with Gasteiger partial charge in [0.25, 0.3) is 5.91 Å². The van der Waals surface area contributed by atoms with Crippen LogP contribution in [-0.4, -0.2) is 62.2 Å². The fourth-order valence-corrected chi connectivity index (χ4v) is 3.58. The number of ether oxygens (including phenoxy) is 3. The summed E-state index contributed by atoms with van der Waals surface area (Å²) in [5.41, 5.74) is 1.74. The number of carbonyl (C=O) groups is 1. The Kier molecular flexibility index (Phi) is 6.32. The molecule has 0 aliphatic rings. The number of carbonyl (C=O) groups excluding carboxylic acids is 1. The van der Waals surface area contributed by atoms with Crippen molar-refractivity contribution in [1.82, 2.24) is 20.2 Å². The second-order valence-electron chi connectivity index (χ2n) is 7.76. The molecule has 0 bridgehead atoms. The molecule has 0 atom stereocenters. The minimum atomic E-state index is -0.162. The molecule has 0 radical (unpaired) electrons. The number of rotatable bonds is 8. The molecule has 2 heterocycles. The largest absolute Gasteiger partial charge is 0.493 e. The lowest BCUT2D eigenvalue weighted by Gasteiger charge is -2.11. The van der Waals surface area contributed by atoms with Crippen LogP contribution in [0.2, 0.25) is 0 Å². The molecule has 4 rings (SSSR count). The molecule has 0 aliphatic heterocycles. The van der Waals surface area contributed by atoms with Gasteiger partial charge in [-0.05, 0) is 39.2 Å². The molecule has 0 spiro atoms. The summed E-state index contributed by atoms with van der Waals surface area (Å²) in [7, 11) is 7.05. The first-order chi connectivity index (χ1) is 15.9. The van der Waals surface area contributed by atoms with E-state index in [0.717, 1.165) is 11.9 Å². The lowest BCUT2D eigenvalue weighted by molar-refractivity contribution is 0.0951. The van der Waals surface area contributed by atoms with Crippen molar-refractivity contribution in [2.75, 3.05) is 41.4 Å². The normalized spacial score (nSPS) is 11.2. The average molecular weight is 450 g/mol. The van der Waals surface area contributed by atoms with Crippen molar-refractivity contribution >= 4 is 27.8 Å². The zero-order chi connectivity index (χ0) is 23.5. The zero-order valence-electron chi connectivity index (χ0n) is 19.3. The first kappa shape index (κ1) is 22.3. The number of benzene rings is 2. The number of methoxy groups -OCH3 is 2. The molecule has 4 aromatic rings. The quantitative estimate of drug-likeness (QED) is 0.433. The number of fused-ring (bicyclic) bond motifs is 2. The summed E-state index contributed by atoms with van der Waals surface area (Å²) in [5, 5.41) is 4.33. The zero-order valence-corrected chi connectivity index (χ0v) is 19.3. The number of hydrogen-bond acceptors (Lipinski definition) is 8. The predicted octanol–water partition coefficient (Wildman–Crippen LogP) is 3.79. The van der Waals surface area contributed by atoms with E-state index in [4.69, 9.17) is 18.6 Å². The van der Waals surface area contributed by atoms with Crippen molar-refractivity contribution in [3.05, 3.63) is 48.0 Å². The maximum Gasteiger partial charge on any atom is 0.255 e. The minimum absolute atomic E-state index is 0.162. The Morgan fingerprint density at radius 2 is 1.82 bits per heavy atom. The first-order valence-electron chi connectivity index (χ1n) is 10.4. The number of nitrogens with one attached hydrogen (secondary N) is 1. The van der Waals surface area contributed by atoms with Gasteiger partial charge in [0.15, 0.2) is 11.5 Å². The summed E-state index contributed by atoms with van der Waals surface area (Å²) in [4.78, 5) is 23.3. The van der Waals surface area contributed by atoms with Crippen LogP contribution in [0.15, 0.2) is 41.1 Å². The first-order valence-corrected chi connectivity index (χ1v) is 10.4. The van der Waals surface area contributed by atoms with Crippen molar-refractivity contribution < 1.29 is 23.4 Å². The molecule has 0 saturated heterocycles. The molecule has 0 unspecified atom stereocenters. The molecule has 1 amide bonds. The van der Waals surface area contributed by atoms with E-state index in [-0.39, 0.29) is 5.91 Å². The third-order valence-corrected chi connectivity index (χ3v) is 5.23. The third kappa shape index (κ3) is 4.54. The lowest BCUT2D eigenvalue weighted by atomic mass is 10.1. The van der Waals surface area contributed by atoms with Gasteiger partial charge in [0.05, 0.1) is 30.7 Å². The van der Waals surface area contributed by atoms with E-state index in [0.29, 0.717) is 57.5 Å². The van der Waals surface area contributed by atoms with Crippen LogP contribution >= 0.6 is 0 Å². The van der Waals surface area contributed by atoms with E-state index in [1.807, 2.05) is 25.1 Å². The van der Waals surface area contributed by atoms with Crippen LogP contribution in [0.25, 0.3) is 21.9 Å². The van der Waals surface area contributed by atoms with Crippen molar-refractivity contribution in [2.24, 2.45) is 0 Å². The van der Waals surface area contributed by atoms with Crippen molar-refractivity contribution in [2.45, 2.75) is 6.92 Å². The second-order valence-corrected chi connectivity index (χ2v) is 7.76. The van der Waals surface area contributed by atoms with Crippen molar-refractivity contribution in [1.29, 1.82) is 0 Å². The third-order valence-electron chi connectivity index (χ3n) is 5.23. The summed E-state index contributed by atoms with van der Waals surface area (Å²) in [6, 6.07) is 8.88.